The van der Waals surface area contributed by atoms with Gasteiger partial charge in [0.25, 0.3) is 0 Å². The molecule has 1 aromatic heterocycles. The number of pyridine rings is 1. The van der Waals surface area contributed by atoms with Gasteiger partial charge in [-0.1, -0.05) is 6.07 Å². The van der Waals surface area contributed by atoms with Gasteiger partial charge in [-0.2, -0.15) is 0 Å². The zero-order chi connectivity index (χ0) is 12.9. The minimum Gasteiger partial charge on any atom is -0.355 e. The van der Waals surface area contributed by atoms with Crippen molar-refractivity contribution in [3.8, 4) is 0 Å². The van der Waals surface area contributed by atoms with Crippen LogP contribution in [0.25, 0.3) is 0 Å². The molecule has 1 heterocycles. The van der Waals surface area contributed by atoms with Crippen molar-refractivity contribution in [3.05, 3.63) is 30.1 Å². The number of amides is 1. The highest BCUT2D eigenvalue weighted by atomic mass is 16.2. The van der Waals surface area contributed by atoms with E-state index in [4.69, 9.17) is 0 Å². The summed E-state index contributed by atoms with van der Waals surface area (Å²) < 4.78 is 0. The van der Waals surface area contributed by atoms with Crippen LogP contribution in [-0.2, 0) is 11.2 Å². The molecule has 3 aliphatic rings. The Morgan fingerprint density at radius 2 is 2.21 bits per heavy atom. The molecular weight excluding hydrogens is 236 g/mol. The smallest absolute Gasteiger partial charge is 0.226 e. The second kappa shape index (κ2) is 4.06. The summed E-state index contributed by atoms with van der Waals surface area (Å²) in [4.78, 5) is 16.6. The Hall–Kier alpha value is -1.38. The molecule has 1 amide bonds. The van der Waals surface area contributed by atoms with Crippen LogP contribution in [0.3, 0.4) is 0 Å². The van der Waals surface area contributed by atoms with Crippen molar-refractivity contribution in [2.45, 2.75) is 32.1 Å². The number of nitrogens with zero attached hydrogens (tertiary/aromatic N) is 1. The summed E-state index contributed by atoms with van der Waals surface area (Å²) in [6.07, 6.45) is 9.42. The molecule has 2 atom stereocenters. The molecule has 2 bridgehead atoms. The fourth-order valence-corrected chi connectivity index (χ4v) is 4.77. The highest BCUT2D eigenvalue weighted by molar-refractivity contribution is 5.84. The van der Waals surface area contributed by atoms with Gasteiger partial charge in [0.2, 0.25) is 5.91 Å². The summed E-state index contributed by atoms with van der Waals surface area (Å²) in [5, 5.41) is 3.17. The number of carbonyl (C=O) groups is 1. The third kappa shape index (κ3) is 1.71. The maximum Gasteiger partial charge on any atom is 0.226 e. The summed E-state index contributed by atoms with van der Waals surface area (Å²) in [5.41, 5.74) is 1.21. The van der Waals surface area contributed by atoms with Crippen molar-refractivity contribution >= 4 is 5.91 Å². The maximum atomic E-state index is 12.5. The minimum absolute atomic E-state index is 0.0210. The molecule has 3 nitrogen and oxygen atoms in total. The van der Waals surface area contributed by atoms with Crippen LogP contribution >= 0.6 is 0 Å². The fraction of sp³-hybridized carbons (Fsp3) is 0.625. The summed E-state index contributed by atoms with van der Waals surface area (Å²) in [7, 11) is 0. The van der Waals surface area contributed by atoms with Gasteiger partial charge in [0.1, 0.15) is 0 Å². The van der Waals surface area contributed by atoms with Gasteiger partial charge in [0, 0.05) is 18.9 Å². The third-order valence-corrected chi connectivity index (χ3v) is 5.65. The second-order valence-electron chi connectivity index (χ2n) is 6.68. The van der Waals surface area contributed by atoms with Crippen LogP contribution in [0.15, 0.2) is 24.5 Å². The summed E-state index contributed by atoms with van der Waals surface area (Å²) in [5.74, 6) is 2.97. The van der Waals surface area contributed by atoms with Crippen LogP contribution < -0.4 is 5.32 Å². The van der Waals surface area contributed by atoms with E-state index in [9.17, 15) is 4.79 Å². The average molecular weight is 256 g/mol. The number of hydrogen-bond donors (Lipinski definition) is 1. The average Bonchev–Trinajstić information content (AvgIpc) is 2.90. The highest BCUT2D eigenvalue weighted by Crippen LogP contribution is 2.69. The number of carbonyl (C=O) groups excluding carboxylic acids is 1. The predicted molar refractivity (Wildman–Crippen MR) is 72.3 cm³/mol. The molecule has 0 spiro atoms. The third-order valence-electron chi connectivity index (χ3n) is 5.65. The Kier molecular flexibility index (Phi) is 2.44. The van der Waals surface area contributed by atoms with E-state index in [-0.39, 0.29) is 5.41 Å². The van der Waals surface area contributed by atoms with Crippen molar-refractivity contribution in [1.29, 1.82) is 0 Å². The zero-order valence-corrected chi connectivity index (χ0v) is 11.1. The minimum atomic E-state index is 0.0210. The lowest BCUT2D eigenvalue weighted by Gasteiger charge is -2.44. The molecule has 0 radical (unpaired) electrons. The van der Waals surface area contributed by atoms with Crippen LogP contribution in [0.2, 0.25) is 0 Å². The number of fused-ring (bicyclic) bond motifs is 1. The fourth-order valence-electron chi connectivity index (χ4n) is 4.77. The molecule has 0 saturated heterocycles. The Bertz CT molecular complexity index is 481. The standard InChI is InChI=1S/C16H20N2O/c19-15(18-5-3-11-2-1-4-17-10-11)16-7-12-6-13(8-16)14(12)9-16/h1-2,4,10,12-14H,3,5-9H2,(H,18,19). The van der Waals surface area contributed by atoms with Crippen LogP contribution in [-0.4, -0.2) is 17.4 Å². The van der Waals surface area contributed by atoms with Gasteiger partial charge in [0.05, 0.1) is 5.41 Å². The molecular formula is C16H20N2O. The molecule has 3 fully saturated rings. The lowest BCUT2D eigenvalue weighted by molar-refractivity contribution is -0.132. The van der Waals surface area contributed by atoms with E-state index in [1.54, 1.807) is 6.20 Å². The van der Waals surface area contributed by atoms with E-state index in [1.165, 1.54) is 18.4 Å². The molecule has 0 aromatic carbocycles. The van der Waals surface area contributed by atoms with Gasteiger partial charge in [-0.25, -0.2) is 0 Å². The molecule has 100 valence electrons. The van der Waals surface area contributed by atoms with Crippen LogP contribution in [0.4, 0.5) is 0 Å². The van der Waals surface area contributed by atoms with Crippen molar-refractivity contribution < 1.29 is 4.79 Å². The normalized spacial score (nSPS) is 38.0. The van der Waals surface area contributed by atoms with Gasteiger partial charge in [-0.15, -0.1) is 0 Å². The first-order chi connectivity index (χ1) is 9.27. The van der Waals surface area contributed by atoms with Gasteiger partial charge < -0.3 is 5.32 Å². The lowest BCUT2D eigenvalue weighted by Crippen LogP contribution is -2.44. The van der Waals surface area contributed by atoms with E-state index in [0.717, 1.165) is 43.6 Å². The van der Waals surface area contributed by atoms with Crippen molar-refractivity contribution in [2.24, 2.45) is 23.2 Å². The topological polar surface area (TPSA) is 42.0 Å². The Morgan fingerprint density at radius 1 is 1.37 bits per heavy atom. The zero-order valence-electron chi connectivity index (χ0n) is 11.1. The molecule has 1 N–H and O–H groups in total. The number of rotatable bonds is 4. The highest BCUT2D eigenvalue weighted by Gasteiger charge is 2.64. The predicted octanol–water partition coefficient (Wildman–Crippen LogP) is 2.18. The molecule has 3 saturated carbocycles. The van der Waals surface area contributed by atoms with Crippen LogP contribution in [0.1, 0.15) is 31.2 Å². The van der Waals surface area contributed by atoms with Crippen molar-refractivity contribution in [2.75, 3.05) is 6.54 Å². The second-order valence-corrected chi connectivity index (χ2v) is 6.68. The molecule has 0 aliphatic heterocycles. The maximum absolute atomic E-state index is 12.5. The first kappa shape index (κ1) is 11.4. The Morgan fingerprint density at radius 3 is 2.84 bits per heavy atom. The quantitative estimate of drug-likeness (QED) is 0.897. The molecule has 3 heteroatoms. The summed E-state index contributed by atoms with van der Waals surface area (Å²) in [6.45, 7) is 0.742. The molecule has 19 heavy (non-hydrogen) atoms. The van der Waals surface area contributed by atoms with E-state index in [0.29, 0.717) is 5.91 Å². The van der Waals surface area contributed by atoms with E-state index in [2.05, 4.69) is 16.4 Å². The first-order valence-electron chi connectivity index (χ1n) is 7.44. The monoisotopic (exact) mass is 256 g/mol. The summed E-state index contributed by atoms with van der Waals surface area (Å²) >= 11 is 0. The largest absolute Gasteiger partial charge is 0.355 e. The first-order valence-corrected chi connectivity index (χ1v) is 7.44. The van der Waals surface area contributed by atoms with Gasteiger partial charge in [-0.05, 0) is 61.5 Å². The van der Waals surface area contributed by atoms with E-state index < -0.39 is 0 Å². The van der Waals surface area contributed by atoms with Crippen LogP contribution in [0, 0.1) is 23.2 Å². The molecule has 1 aromatic rings. The number of nitrogens with one attached hydrogen (secondary N) is 1. The van der Waals surface area contributed by atoms with Gasteiger partial charge in [0.15, 0.2) is 0 Å². The van der Waals surface area contributed by atoms with E-state index >= 15 is 0 Å². The summed E-state index contributed by atoms with van der Waals surface area (Å²) in [6, 6.07) is 4.01. The lowest BCUT2D eigenvalue weighted by atomic mass is 9.61. The van der Waals surface area contributed by atoms with Crippen LogP contribution in [0.5, 0.6) is 0 Å². The number of aromatic nitrogens is 1. The molecule has 2 unspecified atom stereocenters. The van der Waals surface area contributed by atoms with Gasteiger partial charge in [-0.3, -0.25) is 9.78 Å². The number of hydrogen-bond acceptors (Lipinski definition) is 2. The van der Waals surface area contributed by atoms with E-state index in [1.807, 2.05) is 12.3 Å². The Balaban J connectivity index is 1.33. The van der Waals surface area contributed by atoms with Gasteiger partial charge >= 0.3 is 0 Å². The van der Waals surface area contributed by atoms with Crippen molar-refractivity contribution in [3.63, 3.8) is 0 Å². The van der Waals surface area contributed by atoms with Crippen molar-refractivity contribution in [1.82, 2.24) is 10.3 Å². The molecule has 3 aliphatic carbocycles. The molecule has 4 rings (SSSR count). The Labute approximate surface area is 113 Å². The SMILES string of the molecule is O=C(NCCc1cccnc1)C12CC3CC(C1)C3C2.